The van der Waals surface area contributed by atoms with Gasteiger partial charge in [-0.3, -0.25) is 4.79 Å². The predicted molar refractivity (Wildman–Crippen MR) is 88.1 cm³/mol. The number of benzene rings is 1. The van der Waals surface area contributed by atoms with Crippen LogP contribution >= 0.6 is 22.9 Å². The molecule has 1 aromatic heterocycles. The highest BCUT2D eigenvalue weighted by atomic mass is 35.5. The monoisotopic (exact) mass is 372 g/mol. The normalized spacial score (nSPS) is 11.2. The van der Waals surface area contributed by atoms with Crippen LogP contribution < -0.4 is 0 Å². The summed E-state index contributed by atoms with van der Waals surface area (Å²) in [5.74, 6) is -1.39. The van der Waals surface area contributed by atoms with Crippen molar-refractivity contribution in [3.05, 3.63) is 51.2 Å². The maximum atomic E-state index is 12.1. The molecule has 23 heavy (non-hydrogen) atoms. The fraction of sp³-hybridized carbons (Fsp3) is 0.200. The third-order valence-electron chi connectivity index (χ3n) is 3.00. The third-order valence-corrected chi connectivity index (χ3v) is 6.06. The minimum atomic E-state index is -3.56. The maximum absolute atomic E-state index is 12.1. The molecule has 0 aliphatic heterocycles. The Hall–Kier alpha value is -1.70. The van der Waals surface area contributed by atoms with E-state index in [-0.39, 0.29) is 16.2 Å². The number of halogens is 1. The first-order valence-corrected chi connectivity index (χ1v) is 9.47. The molecule has 1 aromatic carbocycles. The van der Waals surface area contributed by atoms with Gasteiger partial charge in [0.05, 0.1) is 25.4 Å². The minimum Gasteiger partial charge on any atom is -0.454 e. The topological polar surface area (TPSA) is 77.5 Å². The van der Waals surface area contributed by atoms with Gasteiger partial charge in [0.25, 0.3) is 0 Å². The number of hydrogen-bond donors (Lipinski definition) is 0. The summed E-state index contributed by atoms with van der Waals surface area (Å²) in [5.41, 5.74) is -0.0774. The second-order valence-electron chi connectivity index (χ2n) is 4.50. The molecule has 0 N–H and O–H groups in total. The van der Waals surface area contributed by atoms with Crippen molar-refractivity contribution in [3.8, 4) is 0 Å². The van der Waals surface area contributed by atoms with Crippen LogP contribution in [0.15, 0.2) is 41.3 Å². The Morgan fingerprint density at radius 1 is 1.17 bits per heavy atom. The first-order valence-electron chi connectivity index (χ1n) is 6.62. The summed E-state index contributed by atoms with van der Waals surface area (Å²) >= 11 is 6.82. The van der Waals surface area contributed by atoms with Crippen molar-refractivity contribution in [1.82, 2.24) is 0 Å². The van der Waals surface area contributed by atoms with Gasteiger partial charge in [-0.2, -0.15) is 0 Å². The highest BCUT2D eigenvalue weighted by Gasteiger charge is 2.22. The number of esters is 1. The Kier molecular flexibility index (Phi) is 5.56. The molecule has 0 bridgehead atoms. The van der Waals surface area contributed by atoms with Crippen LogP contribution in [0.2, 0.25) is 4.34 Å². The van der Waals surface area contributed by atoms with Crippen LogP contribution in [-0.4, -0.2) is 32.5 Å². The lowest BCUT2D eigenvalue weighted by Gasteiger charge is -2.08. The lowest BCUT2D eigenvalue weighted by molar-refractivity contribution is 0.0472. The van der Waals surface area contributed by atoms with Crippen LogP contribution in [0.25, 0.3) is 0 Å². The van der Waals surface area contributed by atoms with Gasteiger partial charge in [0.1, 0.15) is 0 Å². The van der Waals surface area contributed by atoms with Gasteiger partial charge in [0, 0.05) is 0 Å². The third kappa shape index (κ3) is 4.19. The molecule has 0 saturated heterocycles. The summed E-state index contributed by atoms with van der Waals surface area (Å²) < 4.78 is 29.4. The molecule has 0 amide bonds. The van der Waals surface area contributed by atoms with E-state index < -0.39 is 28.2 Å². The summed E-state index contributed by atoms with van der Waals surface area (Å²) in [5, 5.41) is 0. The van der Waals surface area contributed by atoms with Crippen molar-refractivity contribution >= 4 is 44.5 Å². The fourth-order valence-corrected chi connectivity index (χ4v) is 3.86. The zero-order valence-electron chi connectivity index (χ0n) is 12.1. The average molecular weight is 373 g/mol. The summed E-state index contributed by atoms with van der Waals surface area (Å²) in [6.07, 6.45) is 0. The summed E-state index contributed by atoms with van der Waals surface area (Å²) in [6, 6.07) is 8.88. The maximum Gasteiger partial charge on any atom is 0.339 e. The number of hydrogen-bond acceptors (Lipinski definition) is 6. The smallest absolute Gasteiger partial charge is 0.339 e. The van der Waals surface area contributed by atoms with Crippen molar-refractivity contribution in [1.29, 1.82) is 0 Å². The molecule has 0 aliphatic rings. The van der Waals surface area contributed by atoms with E-state index in [2.05, 4.69) is 0 Å². The zero-order chi connectivity index (χ0) is 17.0. The molecular weight excluding hydrogens is 360 g/mol. The lowest BCUT2D eigenvalue weighted by Crippen LogP contribution is -2.17. The Balaban J connectivity index is 2.14. The van der Waals surface area contributed by atoms with Crippen LogP contribution in [0.3, 0.4) is 0 Å². The number of thiophene rings is 1. The molecule has 0 atom stereocenters. The van der Waals surface area contributed by atoms with Crippen molar-refractivity contribution in [2.24, 2.45) is 0 Å². The molecule has 0 radical (unpaired) electrons. The van der Waals surface area contributed by atoms with E-state index in [0.717, 1.165) is 11.3 Å². The van der Waals surface area contributed by atoms with E-state index in [0.29, 0.717) is 9.21 Å². The molecule has 0 fully saturated rings. The number of ketones is 1. The van der Waals surface area contributed by atoms with Gasteiger partial charge >= 0.3 is 5.97 Å². The van der Waals surface area contributed by atoms with Crippen molar-refractivity contribution < 1.29 is 22.7 Å². The van der Waals surface area contributed by atoms with Crippen molar-refractivity contribution in [2.75, 3.05) is 12.4 Å². The van der Waals surface area contributed by atoms with Crippen molar-refractivity contribution in [3.63, 3.8) is 0 Å². The van der Waals surface area contributed by atoms with E-state index in [4.69, 9.17) is 16.3 Å². The second-order valence-corrected chi connectivity index (χ2v) is 8.46. The highest BCUT2D eigenvalue weighted by Crippen LogP contribution is 2.22. The van der Waals surface area contributed by atoms with Gasteiger partial charge < -0.3 is 4.74 Å². The van der Waals surface area contributed by atoms with Crippen molar-refractivity contribution in [2.45, 2.75) is 11.8 Å². The van der Waals surface area contributed by atoms with E-state index >= 15 is 0 Å². The van der Waals surface area contributed by atoms with E-state index in [1.54, 1.807) is 12.1 Å². The standard InChI is InChI=1S/C15H13ClO5S2/c1-2-23(19,20)13-6-4-3-5-10(13)15(18)21-9-11(17)12-7-8-14(16)22-12/h3-8H,2,9H2,1H3. The van der Waals surface area contributed by atoms with E-state index in [1.165, 1.54) is 31.2 Å². The molecule has 1 heterocycles. The largest absolute Gasteiger partial charge is 0.454 e. The number of sulfone groups is 1. The molecule has 2 aromatic rings. The quantitative estimate of drug-likeness (QED) is 0.574. The molecule has 2 rings (SSSR count). The van der Waals surface area contributed by atoms with Gasteiger partial charge in [0.15, 0.2) is 16.4 Å². The van der Waals surface area contributed by atoms with E-state index in [1.807, 2.05) is 0 Å². The first kappa shape index (κ1) is 17.7. The van der Waals surface area contributed by atoms with Crippen LogP contribution in [-0.2, 0) is 14.6 Å². The first-order chi connectivity index (χ1) is 10.8. The number of rotatable bonds is 6. The number of ether oxygens (including phenoxy) is 1. The molecule has 8 heteroatoms. The summed E-state index contributed by atoms with van der Waals surface area (Å²) in [6.45, 7) is 1.01. The number of carbonyl (C=O) groups excluding carboxylic acids is 2. The number of Topliss-reactive ketones (excluding diaryl/α,β-unsaturated/α-hetero) is 1. The Morgan fingerprint density at radius 2 is 1.87 bits per heavy atom. The van der Waals surface area contributed by atoms with Crippen LogP contribution in [0.5, 0.6) is 0 Å². The van der Waals surface area contributed by atoms with Gasteiger partial charge in [-0.15, -0.1) is 11.3 Å². The van der Waals surface area contributed by atoms with Crippen LogP contribution in [0, 0.1) is 0 Å². The fourth-order valence-electron chi connectivity index (χ4n) is 1.81. The lowest BCUT2D eigenvalue weighted by atomic mass is 10.2. The molecule has 5 nitrogen and oxygen atoms in total. The van der Waals surface area contributed by atoms with Crippen LogP contribution in [0.1, 0.15) is 27.0 Å². The van der Waals surface area contributed by atoms with Crippen LogP contribution in [0.4, 0.5) is 0 Å². The predicted octanol–water partition coefficient (Wildman–Crippen LogP) is 3.23. The Morgan fingerprint density at radius 3 is 2.48 bits per heavy atom. The van der Waals surface area contributed by atoms with E-state index in [9.17, 15) is 18.0 Å². The molecule has 0 aliphatic carbocycles. The second kappa shape index (κ2) is 7.25. The zero-order valence-corrected chi connectivity index (χ0v) is 14.5. The number of carbonyl (C=O) groups is 2. The van der Waals surface area contributed by atoms with Gasteiger partial charge in [-0.1, -0.05) is 30.7 Å². The molecular formula is C15H13ClO5S2. The molecule has 122 valence electrons. The molecule has 0 spiro atoms. The van der Waals surface area contributed by atoms with Gasteiger partial charge in [-0.05, 0) is 24.3 Å². The summed E-state index contributed by atoms with van der Waals surface area (Å²) in [4.78, 5) is 24.3. The Labute approximate surface area is 142 Å². The SMILES string of the molecule is CCS(=O)(=O)c1ccccc1C(=O)OCC(=O)c1ccc(Cl)s1. The highest BCUT2D eigenvalue weighted by molar-refractivity contribution is 7.91. The average Bonchev–Trinajstić information content (AvgIpc) is 2.98. The minimum absolute atomic E-state index is 0.0774. The molecule has 0 unspecified atom stereocenters. The van der Waals surface area contributed by atoms with Gasteiger partial charge in [0.2, 0.25) is 5.78 Å². The van der Waals surface area contributed by atoms with Gasteiger partial charge in [-0.25, -0.2) is 13.2 Å². The molecule has 0 saturated carbocycles. The Bertz CT molecular complexity index is 839. The summed E-state index contributed by atoms with van der Waals surface area (Å²) in [7, 11) is -3.56.